The zero-order valence-electron chi connectivity index (χ0n) is 10.3. The Labute approximate surface area is 132 Å². The first kappa shape index (κ1) is 15.4. The molecule has 2 rings (SSSR count). The molecule has 0 saturated carbocycles. The van der Waals surface area contributed by atoms with Gasteiger partial charge in [-0.25, -0.2) is 4.39 Å². The van der Waals surface area contributed by atoms with Crippen molar-refractivity contribution in [1.82, 2.24) is 0 Å². The first-order valence-corrected chi connectivity index (χ1v) is 6.76. The third-order valence-electron chi connectivity index (χ3n) is 2.58. The summed E-state index contributed by atoms with van der Waals surface area (Å²) >= 11 is 8.81. The van der Waals surface area contributed by atoms with Gasteiger partial charge in [0.25, 0.3) is 11.6 Å². The number of rotatable bonds is 3. The van der Waals surface area contributed by atoms with Gasteiger partial charge in [-0.2, -0.15) is 0 Å². The molecule has 0 aliphatic carbocycles. The Balaban J connectivity index is 2.36. The minimum atomic E-state index is -0.819. The van der Waals surface area contributed by atoms with E-state index in [4.69, 9.17) is 11.6 Å². The predicted molar refractivity (Wildman–Crippen MR) is 80.2 cm³/mol. The zero-order chi connectivity index (χ0) is 15.6. The van der Waals surface area contributed by atoms with Crippen molar-refractivity contribution in [2.24, 2.45) is 0 Å². The number of nitro groups is 1. The summed E-state index contributed by atoms with van der Waals surface area (Å²) in [7, 11) is 0. The maximum absolute atomic E-state index is 13.6. The molecule has 8 heteroatoms. The van der Waals surface area contributed by atoms with E-state index in [0.717, 1.165) is 12.1 Å². The van der Waals surface area contributed by atoms with Crippen LogP contribution in [0.5, 0.6) is 0 Å². The SMILES string of the molecule is O=C(Nc1ccc(Br)cc1[N+](=O)[O-])c1cc(Cl)ccc1F. The molecule has 1 amide bonds. The highest BCUT2D eigenvalue weighted by molar-refractivity contribution is 9.10. The normalized spacial score (nSPS) is 10.2. The maximum Gasteiger partial charge on any atom is 0.293 e. The largest absolute Gasteiger partial charge is 0.316 e. The van der Waals surface area contributed by atoms with Crippen LogP contribution in [0, 0.1) is 15.9 Å². The lowest BCUT2D eigenvalue weighted by molar-refractivity contribution is -0.384. The number of halogens is 3. The Morgan fingerprint density at radius 3 is 2.67 bits per heavy atom. The molecule has 0 aromatic heterocycles. The molecular formula is C13H7BrClFN2O3. The van der Waals surface area contributed by atoms with Crippen molar-refractivity contribution in [3.05, 3.63) is 67.4 Å². The minimum Gasteiger partial charge on any atom is -0.316 e. The molecule has 0 atom stereocenters. The van der Waals surface area contributed by atoms with E-state index >= 15 is 0 Å². The van der Waals surface area contributed by atoms with E-state index in [-0.39, 0.29) is 22.0 Å². The van der Waals surface area contributed by atoms with Gasteiger partial charge in [0.2, 0.25) is 0 Å². The standard InChI is InChI=1S/C13H7BrClFN2O3/c14-7-1-4-11(12(5-7)18(20)21)17-13(19)9-6-8(15)2-3-10(9)16/h1-6H,(H,17,19). The van der Waals surface area contributed by atoms with Gasteiger partial charge < -0.3 is 5.32 Å². The Kier molecular flexibility index (Phi) is 4.54. The van der Waals surface area contributed by atoms with E-state index in [9.17, 15) is 19.3 Å². The second-order valence-corrected chi connectivity index (χ2v) is 5.35. The number of anilines is 1. The molecule has 0 radical (unpaired) electrons. The first-order valence-electron chi connectivity index (χ1n) is 5.59. The quantitative estimate of drug-likeness (QED) is 0.640. The van der Waals surface area contributed by atoms with Crippen LogP contribution in [0.1, 0.15) is 10.4 Å². The highest BCUT2D eigenvalue weighted by atomic mass is 79.9. The third-order valence-corrected chi connectivity index (χ3v) is 3.31. The number of nitro benzene ring substituents is 1. The smallest absolute Gasteiger partial charge is 0.293 e. The molecule has 0 unspecified atom stereocenters. The Bertz CT molecular complexity index is 739. The van der Waals surface area contributed by atoms with Crippen LogP contribution in [0.15, 0.2) is 40.9 Å². The fourth-order valence-electron chi connectivity index (χ4n) is 1.62. The number of hydrogen-bond acceptors (Lipinski definition) is 3. The second kappa shape index (κ2) is 6.19. The molecule has 0 saturated heterocycles. The lowest BCUT2D eigenvalue weighted by atomic mass is 10.2. The van der Waals surface area contributed by atoms with Crippen LogP contribution < -0.4 is 5.32 Å². The number of carbonyl (C=O) groups is 1. The van der Waals surface area contributed by atoms with Gasteiger partial charge in [0.15, 0.2) is 0 Å². The number of hydrogen-bond donors (Lipinski definition) is 1. The van der Waals surface area contributed by atoms with E-state index < -0.39 is 16.6 Å². The van der Waals surface area contributed by atoms with Crippen LogP contribution in [0.3, 0.4) is 0 Å². The van der Waals surface area contributed by atoms with Crippen LogP contribution in [0.4, 0.5) is 15.8 Å². The van der Waals surface area contributed by atoms with E-state index in [2.05, 4.69) is 21.2 Å². The number of amides is 1. The molecule has 108 valence electrons. The van der Waals surface area contributed by atoms with Crippen LogP contribution in [0.25, 0.3) is 0 Å². The molecule has 2 aromatic rings. The van der Waals surface area contributed by atoms with Crippen molar-refractivity contribution in [2.75, 3.05) is 5.32 Å². The van der Waals surface area contributed by atoms with E-state index in [1.807, 2.05) is 0 Å². The molecule has 0 aliphatic heterocycles. The summed E-state index contributed by atoms with van der Waals surface area (Å²) in [4.78, 5) is 22.3. The second-order valence-electron chi connectivity index (χ2n) is 4.00. The van der Waals surface area contributed by atoms with Gasteiger partial charge in [0, 0.05) is 15.6 Å². The fraction of sp³-hybridized carbons (Fsp3) is 0. The number of carbonyl (C=O) groups excluding carboxylic acids is 1. The molecular weight excluding hydrogens is 367 g/mol. The number of nitrogens with one attached hydrogen (secondary N) is 1. The van der Waals surface area contributed by atoms with E-state index in [1.165, 1.54) is 24.3 Å². The topological polar surface area (TPSA) is 72.2 Å². The first-order chi connectivity index (χ1) is 9.88. The predicted octanol–water partition coefficient (Wildman–Crippen LogP) is 4.40. The van der Waals surface area contributed by atoms with Crippen LogP contribution in [-0.4, -0.2) is 10.8 Å². The lowest BCUT2D eigenvalue weighted by Gasteiger charge is -2.07. The molecule has 21 heavy (non-hydrogen) atoms. The summed E-state index contributed by atoms with van der Waals surface area (Å²) in [5.74, 6) is -1.59. The van der Waals surface area contributed by atoms with Crippen molar-refractivity contribution in [1.29, 1.82) is 0 Å². The molecule has 0 heterocycles. The van der Waals surface area contributed by atoms with Gasteiger partial charge in [-0.05, 0) is 30.3 Å². The fourth-order valence-corrected chi connectivity index (χ4v) is 2.14. The van der Waals surface area contributed by atoms with Gasteiger partial charge in [-0.1, -0.05) is 27.5 Å². The Hall–Kier alpha value is -1.99. The van der Waals surface area contributed by atoms with Crippen molar-refractivity contribution >= 4 is 44.8 Å². The lowest BCUT2D eigenvalue weighted by Crippen LogP contribution is -2.14. The molecule has 0 aliphatic rings. The molecule has 2 aromatic carbocycles. The van der Waals surface area contributed by atoms with E-state index in [1.54, 1.807) is 0 Å². The summed E-state index contributed by atoms with van der Waals surface area (Å²) in [6.45, 7) is 0. The molecule has 1 N–H and O–H groups in total. The molecule has 0 spiro atoms. The van der Waals surface area contributed by atoms with E-state index in [0.29, 0.717) is 4.47 Å². The van der Waals surface area contributed by atoms with Gasteiger partial charge in [-0.3, -0.25) is 14.9 Å². The Morgan fingerprint density at radius 2 is 2.00 bits per heavy atom. The summed E-state index contributed by atoms with van der Waals surface area (Å²) in [5.41, 5.74) is -0.632. The monoisotopic (exact) mass is 372 g/mol. The summed E-state index contributed by atoms with van der Waals surface area (Å²) in [5, 5.41) is 13.4. The van der Waals surface area contributed by atoms with Crippen molar-refractivity contribution < 1.29 is 14.1 Å². The highest BCUT2D eigenvalue weighted by Crippen LogP contribution is 2.28. The Morgan fingerprint density at radius 1 is 1.29 bits per heavy atom. The summed E-state index contributed by atoms with van der Waals surface area (Å²) in [6.07, 6.45) is 0. The van der Waals surface area contributed by atoms with Crippen LogP contribution >= 0.6 is 27.5 Å². The summed E-state index contributed by atoms with van der Waals surface area (Å²) in [6, 6.07) is 7.61. The summed E-state index contributed by atoms with van der Waals surface area (Å²) < 4.78 is 14.1. The maximum atomic E-state index is 13.6. The van der Waals surface area contributed by atoms with Crippen molar-refractivity contribution in [3.63, 3.8) is 0 Å². The molecule has 5 nitrogen and oxygen atoms in total. The van der Waals surface area contributed by atoms with Crippen molar-refractivity contribution in [2.45, 2.75) is 0 Å². The highest BCUT2D eigenvalue weighted by Gasteiger charge is 2.19. The van der Waals surface area contributed by atoms with Crippen LogP contribution in [-0.2, 0) is 0 Å². The third kappa shape index (κ3) is 3.56. The number of nitrogens with zero attached hydrogens (tertiary/aromatic N) is 1. The zero-order valence-corrected chi connectivity index (χ0v) is 12.6. The number of benzene rings is 2. The average molecular weight is 374 g/mol. The van der Waals surface area contributed by atoms with Crippen molar-refractivity contribution in [3.8, 4) is 0 Å². The average Bonchev–Trinajstić information content (AvgIpc) is 2.43. The van der Waals surface area contributed by atoms with Gasteiger partial charge in [0.1, 0.15) is 11.5 Å². The van der Waals surface area contributed by atoms with Gasteiger partial charge in [0.05, 0.1) is 10.5 Å². The molecule has 0 fully saturated rings. The van der Waals surface area contributed by atoms with Gasteiger partial charge >= 0.3 is 0 Å². The van der Waals surface area contributed by atoms with Crippen LogP contribution in [0.2, 0.25) is 5.02 Å². The molecule has 0 bridgehead atoms. The van der Waals surface area contributed by atoms with Gasteiger partial charge in [-0.15, -0.1) is 0 Å². The minimum absolute atomic E-state index is 0.0347.